The molecule has 0 saturated carbocycles. The van der Waals surface area contributed by atoms with E-state index >= 15 is 0 Å². The van der Waals surface area contributed by atoms with E-state index in [9.17, 15) is 4.79 Å². The van der Waals surface area contributed by atoms with Crippen molar-refractivity contribution >= 4 is 5.97 Å². The molecule has 4 nitrogen and oxygen atoms in total. The predicted octanol–water partition coefficient (Wildman–Crippen LogP) is -0.306. The molecule has 1 aliphatic rings. The minimum atomic E-state index is -0.845. The Bertz CT molecular complexity index is 106. The number of esters is 1. The molecule has 0 spiro atoms. The van der Waals surface area contributed by atoms with E-state index in [1.807, 2.05) is 0 Å². The Labute approximate surface area is 52.7 Å². The number of hydrogen-bond acceptors (Lipinski definition) is 4. The van der Waals surface area contributed by atoms with Crippen LogP contribution in [0.1, 0.15) is 0 Å². The number of carbonyl (C=O) groups excluding carboxylic acids is 1. The first-order valence-corrected chi connectivity index (χ1v) is 2.53. The summed E-state index contributed by atoms with van der Waals surface area (Å²) < 4.78 is 13.6. The van der Waals surface area contributed by atoms with Crippen LogP contribution in [0.15, 0.2) is 0 Å². The molecule has 0 unspecified atom stereocenters. The molecule has 1 rings (SSSR count). The Hall–Kier alpha value is -0.610. The molecule has 1 aliphatic heterocycles. The van der Waals surface area contributed by atoms with E-state index in [1.165, 1.54) is 0 Å². The van der Waals surface area contributed by atoms with Crippen LogP contribution in [0.5, 0.6) is 0 Å². The quantitative estimate of drug-likeness (QED) is 0.458. The van der Waals surface area contributed by atoms with Gasteiger partial charge in [0.1, 0.15) is 7.11 Å². The zero-order valence-corrected chi connectivity index (χ0v) is 4.83. The summed E-state index contributed by atoms with van der Waals surface area (Å²) in [6, 6.07) is 0. The molecule has 0 amide bonds. The Morgan fingerprint density at radius 3 is 2.56 bits per heavy atom. The van der Waals surface area contributed by atoms with Crippen LogP contribution < -0.4 is 0 Å². The lowest BCUT2D eigenvalue weighted by Crippen LogP contribution is -2.21. The van der Waals surface area contributed by atoms with Gasteiger partial charge in [-0.25, -0.2) is 4.79 Å². The molecule has 0 aromatic heterocycles. The minimum Gasteiger partial charge on any atom is -0.458 e. The van der Waals surface area contributed by atoms with Crippen molar-refractivity contribution in [1.29, 1.82) is 0 Å². The lowest BCUT2D eigenvalue weighted by molar-refractivity contribution is -0.166. The Morgan fingerprint density at radius 2 is 2.11 bits per heavy atom. The highest BCUT2D eigenvalue weighted by atomic mass is 16.7. The third kappa shape index (κ3) is 1.40. The molecule has 1 fully saturated rings. The van der Waals surface area contributed by atoms with Crippen LogP contribution in [0.3, 0.4) is 0 Å². The van der Waals surface area contributed by atoms with Gasteiger partial charge in [-0.3, -0.25) is 0 Å². The zero-order chi connectivity index (χ0) is 6.69. The van der Waals surface area contributed by atoms with Gasteiger partial charge in [0.25, 0.3) is 6.29 Å². The average Bonchev–Trinajstić information content (AvgIpc) is 2.37. The van der Waals surface area contributed by atoms with Crippen molar-refractivity contribution in [1.82, 2.24) is 0 Å². The molecule has 1 saturated heterocycles. The Balaban J connectivity index is 2.32. The van der Waals surface area contributed by atoms with Gasteiger partial charge in [0.15, 0.2) is 0 Å². The summed E-state index contributed by atoms with van der Waals surface area (Å²) in [6.07, 6.45) is -0.845. The smallest absolute Gasteiger partial charge is 0.363 e. The van der Waals surface area contributed by atoms with Crippen LogP contribution >= 0.6 is 0 Å². The van der Waals surface area contributed by atoms with Gasteiger partial charge in [0.2, 0.25) is 0 Å². The number of hydrogen-bond donors (Lipinski definition) is 0. The van der Waals surface area contributed by atoms with E-state index in [-0.39, 0.29) is 0 Å². The van der Waals surface area contributed by atoms with E-state index in [0.717, 1.165) is 0 Å². The van der Waals surface area contributed by atoms with Gasteiger partial charge < -0.3 is 14.2 Å². The van der Waals surface area contributed by atoms with Crippen LogP contribution in [-0.2, 0) is 19.0 Å². The van der Waals surface area contributed by atoms with Crippen molar-refractivity contribution in [2.24, 2.45) is 0 Å². The van der Waals surface area contributed by atoms with E-state index in [1.54, 1.807) is 0 Å². The average molecular weight is 131 g/mol. The van der Waals surface area contributed by atoms with E-state index in [4.69, 9.17) is 9.47 Å². The molecule has 0 bridgehead atoms. The molecular formula is C5H7O4. The summed E-state index contributed by atoms with van der Waals surface area (Å²) in [7, 11) is 2.92. The number of rotatable bonds is 1. The number of carbonyl (C=O) groups is 1. The summed E-state index contributed by atoms with van der Waals surface area (Å²) >= 11 is 0. The fourth-order valence-corrected chi connectivity index (χ4v) is 0.563. The zero-order valence-electron chi connectivity index (χ0n) is 4.83. The van der Waals surface area contributed by atoms with Gasteiger partial charge in [-0.2, -0.15) is 0 Å². The summed E-state index contributed by atoms with van der Waals surface area (Å²) in [5, 5.41) is 0. The van der Waals surface area contributed by atoms with E-state index < -0.39 is 12.3 Å². The van der Waals surface area contributed by atoms with Crippen LogP contribution in [-0.4, -0.2) is 25.5 Å². The second-order valence-electron chi connectivity index (χ2n) is 1.54. The van der Waals surface area contributed by atoms with Crippen molar-refractivity contribution in [2.75, 3.05) is 13.2 Å². The molecule has 0 aliphatic carbocycles. The van der Waals surface area contributed by atoms with Gasteiger partial charge in [0.05, 0.1) is 13.2 Å². The topological polar surface area (TPSA) is 44.8 Å². The van der Waals surface area contributed by atoms with Gasteiger partial charge in [-0.15, -0.1) is 0 Å². The largest absolute Gasteiger partial charge is 0.458 e. The molecule has 0 aromatic rings. The monoisotopic (exact) mass is 131 g/mol. The van der Waals surface area contributed by atoms with Gasteiger partial charge in [-0.05, 0) is 0 Å². The fraction of sp³-hybridized carbons (Fsp3) is 0.600. The maximum Gasteiger partial charge on any atom is 0.363 e. The third-order valence-electron chi connectivity index (χ3n) is 0.956. The first kappa shape index (κ1) is 6.51. The predicted molar refractivity (Wildman–Crippen MR) is 27.1 cm³/mol. The number of ether oxygens (including phenoxy) is 3. The highest BCUT2D eigenvalue weighted by Gasteiger charge is 2.24. The third-order valence-corrected chi connectivity index (χ3v) is 0.956. The standard InChI is InChI=1S/C5H7O4/c1-7-4(6)5-8-2-3-9-5/h5H,1-3H2. The molecule has 0 atom stereocenters. The van der Waals surface area contributed by atoms with Gasteiger partial charge in [-0.1, -0.05) is 0 Å². The maximum absolute atomic E-state index is 10.5. The first-order chi connectivity index (χ1) is 4.34. The first-order valence-electron chi connectivity index (χ1n) is 2.53. The Morgan fingerprint density at radius 1 is 1.56 bits per heavy atom. The molecule has 1 heterocycles. The minimum absolute atomic E-state index is 0.444. The van der Waals surface area contributed by atoms with E-state index in [0.29, 0.717) is 13.2 Å². The van der Waals surface area contributed by atoms with Crippen LogP contribution in [0, 0.1) is 7.11 Å². The molecular weight excluding hydrogens is 124 g/mol. The summed E-state index contributed by atoms with van der Waals surface area (Å²) in [5.41, 5.74) is 0. The molecule has 9 heavy (non-hydrogen) atoms. The van der Waals surface area contributed by atoms with Crippen molar-refractivity contribution in [3.8, 4) is 0 Å². The van der Waals surface area contributed by atoms with E-state index in [2.05, 4.69) is 11.8 Å². The highest BCUT2D eigenvalue weighted by molar-refractivity contribution is 5.73. The second-order valence-corrected chi connectivity index (χ2v) is 1.54. The Kier molecular flexibility index (Phi) is 2.02. The molecule has 51 valence electrons. The normalized spacial score (nSPS) is 20.1. The lowest BCUT2D eigenvalue weighted by atomic mass is 10.7. The fourth-order valence-electron chi connectivity index (χ4n) is 0.563. The van der Waals surface area contributed by atoms with Crippen molar-refractivity contribution in [3.05, 3.63) is 7.11 Å². The highest BCUT2D eigenvalue weighted by Crippen LogP contribution is 2.04. The lowest BCUT2D eigenvalue weighted by Gasteiger charge is -2.03. The van der Waals surface area contributed by atoms with Crippen molar-refractivity contribution in [2.45, 2.75) is 6.29 Å². The molecule has 1 radical (unpaired) electrons. The molecule has 0 aromatic carbocycles. The summed E-state index contributed by atoms with van der Waals surface area (Å²) in [5.74, 6) is -0.576. The van der Waals surface area contributed by atoms with Crippen LogP contribution in [0.2, 0.25) is 0 Å². The van der Waals surface area contributed by atoms with Gasteiger partial charge in [0, 0.05) is 0 Å². The summed E-state index contributed by atoms with van der Waals surface area (Å²) in [4.78, 5) is 10.5. The maximum atomic E-state index is 10.5. The molecule has 0 N–H and O–H groups in total. The van der Waals surface area contributed by atoms with Crippen molar-refractivity contribution < 1.29 is 19.0 Å². The van der Waals surface area contributed by atoms with Gasteiger partial charge >= 0.3 is 5.97 Å². The van der Waals surface area contributed by atoms with Crippen molar-refractivity contribution in [3.63, 3.8) is 0 Å². The van der Waals surface area contributed by atoms with Crippen LogP contribution in [0.25, 0.3) is 0 Å². The van der Waals surface area contributed by atoms with Crippen LogP contribution in [0.4, 0.5) is 0 Å². The second kappa shape index (κ2) is 2.80. The molecule has 4 heteroatoms. The summed E-state index contributed by atoms with van der Waals surface area (Å²) in [6.45, 7) is 0.888. The SMILES string of the molecule is [CH2]OC(=O)C1OCCO1.